The van der Waals surface area contributed by atoms with E-state index in [4.69, 9.17) is 28.9 Å². The molecule has 2 N–H and O–H groups in total. The summed E-state index contributed by atoms with van der Waals surface area (Å²) in [5, 5.41) is 1.10. The molecule has 0 bridgehead atoms. The Morgan fingerprint density at radius 2 is 1.95 bits per heavy atom. The third-order valence-electron chi connectivity index (χ3n) is 3.01. The fourth-order valence-corrected chi connectivity index (χ4v) is 2.76. The van der Waals surface area contributed by atoms with E-state index in [2.05, 4.69) is 15.9 Å². The van der Waals surface area contributed by atoms with Gasteiger partial charge in [0.05, 0.1) is 5.56 Å². The van der Waals surface area contributed by atoms with Gasteiger partial charge in [0.15, 0.2) is 0 Å². The van der Waals surface area contributed by atoms with Crippen LogP contribution >= 0.6 is 39.1 Å². The number of hydrogen-bond acceptors (Lipinski definition) is 2. The molecule has 0 radical (unpaired) electrons. The lowest BCUT2D eigenvalue weighted by atomic mass is 10.1. The lowest BCUT2D eigenvalue weighted by Crippen LogP contribution is -2.27. The van der Waals surface area contributed by atoms with E-state index in [0.29, 0.717) is 27.8 Å². The van der Waals surface area contributed by atoms with Crippen LogP contribution in [0.1, 0.15) is 15.9 Å². The molecule has 21 heavy (non-hydrogen) atoms. The third kappa shape index (κ3) is 3.90. The Labute approximate surface area is 141 Å². The average Bonchev–Trinajstić information content (AvgIpc) is 2.41. The summed E-state index contributed by atoms with van der Waals surface area (Å²) >= 11 is 15.3. The molecular weight excluding hydrogens is 375 g/mol. The highest BCUT2D eigenvalue weighted by Crippen LogP contribution is 2.24. The molecule has 6 heteroatoms. The molecule has 2 aromatic rings. The van der Waals surface area contributed by atoms with E-state index in [1.54, 1.807) is 48.3 Å². The van der Waals surface area contributed by atoms with Crippen LogP contribution < -0.4 is 5.73 Å². The second-order valence-corrected chi connectivity index (χ2v) is 6.39. The van der Waals surface area contributed by atoms with Gasteiger partial charge in [0.1, 0.15) is 0 Å². The number of nitrogen functional groups attached to an aromatic ring is 1. The zero-order valence-electron chi connectivity index (χ0n) is 11.2. The van der Waals surface area contributed by atoms with Crippen molar-refractivity contribution in [2.24, 2.45) is 0 Å². The van der Waals surface area contributed by atoms with Gasteiger partial charge < -0.3 is 10.6 Å². The molecule has 2 aromatic carbocycles. The Kier molecular flexibility index (Phi) is 5.14. The van der Waals surface area contributed by atoms with Crippen LogP contribution in [0, 0.1) is 0 Å². The number of nitrogens with zero attached hydrogens (tertiary/aromatic N) is 1. The quantitative estimate of drug-likeness (QED) is 0.781. The van der Waals surface area contributed by atoms with Gasteiger partial charge in [-0.2, -0.15) is 0 Å². The minimum atomic E-state index is -0.161. The summed E-state index contributed by atoms with van der Waals surface area (Å²) in [6, 6.07) is 10.4. The second-order valence-electron chi connectivity index (χ2n) is 4.63. The lowest BCUT2D eigenvalue weighted by molar-refractivity contribution is 0.0786. The molecule has 0 fully saturated rings. The van der Waals surface area contributed by atoms with Gasteiger partial charge in [-0.1, -0.05) is 45.2 Å². The van der Waals surface area contributed by atoms with Crippen LogP contribution in [0.5, 0.6) is 0 Å². The Morgan fingerprint density at radius 3 is 2.57 bits per heavy atom. The van der Waals surface area contributed by atoms with E-state index in [1.165, 1.54) is 0 Å². The molecule has 1 amide bonds. The van der Waals surface area contributed by atoms with Gasteiger partial charge in [-0.15, -0.1) is 0 Å². The van der Waals surface area contributed by atoms with Crippen molar-refractivity contribution in [2.75, 3.05) is 12.8 Å². The van der Waals surface area contributed by atoms with Gasteiger partial charge in [-0.3, -0.25) is 4.79 Å². The van der Waals surface area contributed by atoms with Crippen molar-refractivity contribution in [3.63, 3.8) is 0 Å². The smallest absolute Gasteiger partial charge is 0.255 e. The largest absolute Gasteiger partial charge is 0.398 e. The molecule has 0 aliphatic heterocycles. The number of amides is 1. The fourth-order valence-electron chi connectivity index (χ4n) is 1.91. The van der Waals surface area contributed by atoms with Crippen LogP contribution in [0.4, 0.5) is 5.69 Å². The molecule has 0 atom stereocenters. The molecule has 0 spiro atoms. The summed E-state index contributed by atoms with van der Waals surface area (Å²) in [4.78, 5) is 14.0. The highest BCUT2D eigenvalue weighted by atomic mass is 79.9. The first-order valence-electron chi connectivity index (χ1n) is 6.13. The third-order valence-corrected chi connectivity index (χ3v) is 4.09. The van der Waals surface area contributed by atoms with E-state index in [-0.39, 0.29) is 5.91 Å². The first-order chi connectivity index (χ1) is 9.88. The van der Waals surface area contributed by atoms with Crippen LogP contribution in [0.25, 0.3) is 0 Å². The maximum atomic E-state index is 12.4. The summed E-state index contributed by atoms with van der Waals surface area (Å²) < 4.78 is 0.833. The lowest BCUT2D eigenvalue weighted by Gasteiger charge is -2.19. The molecular formula is C15H13BrCl2N2O. The van der Waals surface area contributed by atoms with Crippen molar-refractivity contribution in [3.05, 3.63) is 62.0 Å². The van der Waals surface area contributed by atoms with Crippen LogP contribution in [0.15, 0.2) is 40.9 Å². The van der Waals surface area contributed by atoms with Gasteiger partial charge in [0, 0.05) is 33.8 Å². The highest BCUT2D eigenvalue weighted by Gasteiger charge is 2.16. The van der Waals surface area contributed by atoms with E-state index in [0.717, 1.165) is 10.0 Å². The summed E-state index contributed by atoms with van der Waals surface area (Å²) in [5.41, 5.74) is 7.61. The van der Waals surface area contributed by atoms with Gasteiger partial charge in [0.25, 0.3) is 5.91 Å². The van der Waals surface area contributed by atoms with Crippen molar-refractivity contribution in [2.45, 2.75) is 6.54 Å². The normalized spacial score (nSPS) is 10.5. The van der Waals surface area contributed by atoms with Crippen LogP contribution in [-0.2, 0) is 6.54 Å². The van der Waals surface area contributed by atoms with Gasteiger partial charge in [0.2, 0.25) is 0 Å². The van der Waals surface area contributed by atoms with Crippen LogP contribution in [-0.4, -0.2) is 17.9 Å². The number of nitrogens with two attached hydrogens (primary N) is 1. The van der Waals surface area contributed by atoms with Crippen LogP contribution in [0.3, 0.4) is 0 Å². The number of benzene rings is 2. The Morgan fingerprint density at radius 1 is 1.24 bits per heavy atom. The van der Waals surface area contributed by atoms with Crippen molar-refractivity contribution in [1.82, 2.24) is 4.90 Å². The monoisotopic (exact) mass is 386 g/mol. The molecule has 0 aliphatic carbocycles. The number of carbonyl (C=O) groups is 1. The molecule has 0 aliphatic rings. The number of anilines is 1. The molecule has 110 valence electrons. The summed E-state index contributed by atoms with van der Waals surface area (Å²) in [5.74, 6) is -0.161. The van der Waals surface area contributed by atoms with Crippen molar-refractivity contribution < 1.29 is 4.79 Å². The molecule has 0 saturated heterocycles. The standard InChI is InChI=1S/C15H13BrCl2N2O/c1-20(8-9-2-4-11(17)7-13(9)18)15(21)12-5-3-10(16)6-14(12)19/h2-7H,8,19H2,1H3. The topological polar surface area (TPSA) is 46.3 Å². The molecule has 2 rings (SSSR count). The molecule has 0 saturated carbocycles. The summed E-state index contributed by atoms with van der Waals surface area (Å²) in [6.45, 7) is 0.379. The maximum absolute atomic E-state index is 12.4. The Balaban J connectivity index is 2.19. The Bertz CT molecular complexity index is 691. The number of carbonyl (C=O) groups excluding carboxylic acids is 1. The van der Waals surface area contributed by atoms with E-state index in [1.807, 2.05) is 0 Å². The first kappa shape index (κ1) is 16.1. The van der Waals surface area contributed by atoms with Gasteiger partial charge in [-0.05, 0) is 35.9 Å². The average molecular weight is 388 g/mol. The predicted octanol–water partition coefficient (Wildman–Crippen LogP) is 4.61. The molecule has 0 unspecified atom stereocenters. The van der Waals surface area contributed by atoms with Crippen LogP contribution in [0.2, 0.25) is 10.0 Å². The van der Waals surface area contributed by atoms with Crippen molar-refractivity contribution in [1.29, 1.82) is 0 Å². The zero-order valence-corrected chi connectivity index (χ0v) is 14.3. The van der Waals surface area contributed by atoms with Gasteiger partial charge in [-0.25, -0.2) is 0 Å². The fraction of sp³-hybridized carbons (Fsp3) is 0.133. The molecule has 0 aromatic heterocycles. The van der Waals surface area contributed by atoms with E-state index < -0.39 is 0 Å². The maximum Gasteiger partial charge on any atom is 0.255 e. The van der Waals surface area contributed by atoms with E-state index in [9.17, 15) is 4.79 Å². The molecule has 3 nitrogen and oxygen atoms in total. The minimum Gasteiger partial charge on any atom is -0.398 e. The zero-order chi connectivity index (χ0) is 15.6. The predicted molar refractivity (Wildman–Crippen MR) is 90.8 cm³/mol. The first-order valence-corrected chi connectivity index (χ1v) is 7.68. The SMILES string of the molecule is CN(Cc1ccc(Cl)cc1Cl)C(=O)c1ccc(Br)cc1N. The highest BCUT2D eigenvalue weighted by molar-refractivity contribution is 9.10. The number of rotatable bonds is 3. The Hall–Kier alpha value is -1.23. The number of hydrogen-bond donors (Lipinski definition) is 1. The second kappa shape index (κ2) is 6.69. The molecule has 0 heterocycles. The summed E-state index contributed by atoms with van der Waals surface area (Å²) in [6.07, 6.45) is 0. The summed E-state index contributed by atoms with van der Waals surface area (Å²) in [7, 11) is 1.70. The van der Waals surface area contributed by atoms with Crippen molar-refractivity contribution >= 4 is 50.7 Å². The van der Waals surface area contributed by atoms with Crippen molar-refractivity contribution in [3.8, 4) is 0 Å². The minimum absolute atomic E-state index is 0.161. The van der Waals surface area contributed by atoms with E-state index >= 15 is 0 Å². The number of halogens is 3. The van der Waals surface area contributed by atoms with Gasteiger partial charge >= 0.3 is 0 Å².